The molecule has 1 unspecified atom stereocenters. The molecule has 0 saturated heterocycles. The van der Waals surface area contributed by atoms with Crippen molar-refractivity contribution in [3.63, 3.8) is 0 Å². The van der Waals surface area contributed by atoms with Crippen molar-refractivity contribution in [1.29, 1.82) is 0 Å². The predicted molar refractivity (Wildman–Crippen MR) is 41.9 cm³/mol. The lowest BCUT2D eigenvalue weighted by Gasteiger charge is -2.09. The quantitative estimate of drug-likeness (QED) is 0.533. The molecule has 0 heterocycles. The number of hydrogen-bond acceptors (Lipinski definition) is 1. The molecule has 0 aliphatic heterocycles. The number of rotatable bonds is 1. The molecule has 1 aliphatic carbocycles. The molecule has 10 heavy (non-hydrogen) atoms. The first kappa shape index (κ1) is 7.55. The molecular formula is C8H9ClO. The van der Waals surface area contributed by atoms with Gasteiger partial charge in [-0.1, -0.05) is 25.2 Å². The maximum Gasteiger partial charge on any atom is 0.248 e. The van der Waals surface area contributed by atoms with Crippen LogP contribution < -0.4 is 0 Å². The van der Waals surface area contributed by atoms with Crippen LogP contribution in [0.4, 0.5) is 0 Å². The number of carbonyl (C=O) groups excluding carboxylic acids is 1. The monoisotopic (exact) mass is 156 g/mol. The molecule has 0 fully saturated rings. The summed E-state index contributed by atoms with van der Waals surface area (Å²) in [6, 6.07) is 0. The van der Waals surface area contributed by atoms with E-state index in [0.29, 0.717) is 5.92 Å². The van der Waals surface area contributed by atoms with Crippen LogP contribution in [-0.2, 0) is 4.79 Å². The molecule has 1 aliphatic rings. The van der Waals surface area contributed by atoms with Crippen molar-refractivity contribution in [2.75, 3.05) is 0 Å². The van der Waals surface area contributed by atoms with Gasteiger partial charge in [0.2, 0.25) is 5.24 Å². The Labute approximate surface area is 65.4 Å². The van der Waals surface area contributed by atoms with E-state index >= 15 is 0 Å². The van der Waals surface area contributed by atoms with E-state index in [1.807, 2.05) is 6.08 Å². The third kappa shape index (κ3) is 1.71. The molecule has 2 heteroatoms. The molecule has 1 rings (SSSR count). The fraction of sp³-hybridized carbons (Fsp3) is 0.375. The first-order valence-corrected chi connectivity index (χ1v) is 3.65. The van der Waals surface area contributed by atoms with Gasteiger partial charge in [0.25, 0.3) is 0 Å². The average molecular weight is 157 g/mol. The van der Waals surface area contributed by atoms with Crippen LogP contribution in [0.25, 0.3) is 0 Å². The van der Waals surface area contributed by atoms with Gasteiger partial charge < -0.3 is 0 Å². The summed E-state index contributed by atoms with van der Waals surface area (Å²) >= 11 is 5.28. The lowest BCUT2D eigenvalue weighted by atomic mass is 9.97. The van der Waals surface area contributed by atoms with Crippen LogP contribution in [0.15, 0.2) is 23.8 Å². The lowest BCUT2D eigenvalue weighted by molar-refractivity contribution is -0.108. The van der Waals surface area contributed by atoms with E-state index in [0.717, 1.165) is 12.0 Å². The SMILES string of the molecule is CC1C=CC=C(C(=O)Cl)C1. The largest absolute Gasteiger partial charge is 0.276 e. The second-order valence-electron chi connectivity index (χ2n) is 2.53. The summed E-state index contributed by atoms with van der Waals surface area (Å²) in [6.07, 6.45) is 6.49. The van der Waals surface area contributed by atoms with Gasteiger partial charge in [0, 0.05) is 5.57 Å². The smallest absolute Gasteiger partial charge is 0.248 e. The normalized spacial score (nSPS) is 24.2. The number of carbonyl (C=O) groups is 1. The van der Waals surface area contributed by atoms with Crippen molar-refractivity contribution in [1.82, 2.24) is 0 Å². The maximum atomic E-state index is 10.6. The highest BCUT2D eigenvalue weighted by atomic mass is 35.5. The third-order valence-electron chi connectivity index (χ3n) is 1.53. The minimum Gasteiger partial charge on any atom is -0.276 e. The Morgan fingerprint density at radius 1 is 1.80 bits per heavy atom. The number of halogens is 1. The van der Waals surface area contributed by atoms with Gasteiger partial charge in [0.05, 0.1) is 0 Å². The Bertz CT molecular complexity index is 203. The second-order valence-corrected chi connectivity index (χ2v) is 2.88. The van der Waals surface area contributed by atoms with Gasteiger partial charge >= 0.3 is 0 Å². The van der Waals surface area contributed by atoms with Crippen molar-refractivity contribution in [3.05, 3.63) is 23.8 Å². The first-order chi connectivity index (χ1) is 4.70. The van der Waals surface area contributed by atoms with Gasteiger partial charge in [0.15, 0.2) is 0 Å². The van der Waals surface area contributed by atoms with Gasteiger partial charge in [-0.3, -0.25) is 4.79 Å². The van der Waals surface area contributed by atoms with Crippen molar-refractivity contribution < 1.29 is 4.79 Å². The van der Waals surface area contributed by atoms with Crippen LogP contribution in [0.1, 0.15) is 13.3 Å². The van der Waals surface area contributed by atoms with Gasteiger partial charge in [-0.05, 0) is 23.9 Å². The molecule has 0 aromatic heterocycles. The number of allylic oxidation sites excluding steroid dienone is 4. The second kappa shape index (κ2) is 3.02. The lowest BCUT2D eigenvalue weighted by Crippen LogP contribution is -2.02. The Hall–Kier alpha value is -0.560. The topological polar surface area (TPSA) is 17.1 Å². The summed E-state index contributed by atoms with van der Waals surface area (Å²) in [6.45, 7) is 2.06. The Morgan fingerprint density at radius 3 is 2.90 bits per heavy atom. The molecule has 0 aromatic carbocycles. The fourth-order valence-electron chi connectivity index (χ4n) is 0.990. The van der Waals surface area contributed by atoms with Gasteiger partial charge in [0.1, 0.15) is 0 Å². The fourth-order valence-corrected chi connectivity index (χ4v) is 1.13. The molecule has 0 aromatic rings. The van der Waals surface area contributed by atoms with Gasteiger partial charge in [-0.2, -0.15) is 0 Å². The summed E-state index contributed by atoms with van der Waals surface area (Å²) in [7, 11) is 0. The molecule has 0 spiro atoms. The molecule has 0 bridgehead atoms. The molecule has 54 valence electrons. The van der Waals surface area contributed by atoms with E-state index < -0.39 is 0 Å². The van der Waals surface area contributed by atoms with Crippen molar-refractivity contribution in [3.8, 4) is 0 Å². The van der Waals surface area contributed by atoms with Crippen LogP contribution in [-0.4, -0.2) is 5.24 Å². The highest BCUT2D eigenvalue weighted by Crippen LogP contribution is 2.19. The molecular weight excluding hydrogens is 148 g/mol. The van der Waals surface area contributed by atoms with Crippen LogP contribution in [0.2, 0.25) is 0 Å². The van der Waals surface area contributed by atoms with E-state index in [1.165, 1.54) is 0 Å². The van der Waals surface area contributed by atoms with E-state index in [4.69, 9.17) is 11.6 Å². The average Bonchev–Trinajstić information content (AvgIpc) is 1.88. The summed E-state index contributed by atoms with van der Waals surface area (Å²) in [5, 5.41) is -0.323. The molecule has 0 radical (unpaired) electrons. The van der Waals surface area contributed by atoms with Gasteiger partial charge in [-0.25, -0.2) is 0 Å². The van der Waals surface area contributed by atoms with Crippen molar-refractivity contribution in [2.45, 2.75) is 13.3 Å². The number of hydrogen-bond donors (Lipinski definition) is 0. The summed E-state index contributed by atoms with van der Waals surface area (Å²) in [5.41, 5.74) is 0.719. The van der Waals surface area contributed by atoms with E-state index in [9.17, 15) is 4.79 Å². The van der Waals surface area contributed by atoms with Crippen molar-refractivity contribution in [2.24, 2.45) is 5.92 Å². The molecule has 0 saturated carbocycles. The zero-order valence-corrected chi connectivity index (χ0v) is 6.56. The Morgan fingerprint density at radius 2 is 2.50 bits per heavy atom. The molecule has 0 N–H and O–H groups in total. The highest BCUT2D eigenvalue weighted by molar-refractivity contribution is 6.67. The predicted octanol–water partition coefficient (Wildman–Crippen LogP) is 2.27. The summed E-state index contributed by atoms with van der Waals surface area (Å²) < 4.78 is 0. The van der Waals surface area contributed by atoms with E-state index in [-0.39, 0.29) is 5.24 Å². The third-order valence-corrected chi connectivity index (χ3v) is 1.77. The van der Waals surface area contributed by atoms with E-state index in [2.05, 4.69) is 13.0 Å². The van der Waals surface area contributed by atoms with Gasteiger partial charge in [-0.15, -0.1) is 0 Å². The zero-order valence-electron chi connectivity index (χ0n) is 5.80. The Kier molecular flexibility index (Phi) is 2.28. The first-order valence-electron chi connectivity index (χ1n) is 3.27. The van der Waals surface area contributed by atoms with Crippen LogP contribution >= 0.6 is 11.6 Å². The molecule has 1 atom stereocenters. The van der Waals surface area contributed by atoms with Crippen molar-refractivity contribution >= 4 is 16.8 Å². The highest BCUT2D eigenvalue weighted by Gasteiger charge is 2.10. The van der Waals surface area contributed by atoms with Crippen LogP contribution in [0.5, 0.6) is 0 Å². The standard InChI is InChI=1S/C8H9ClO/c1-6-3-2-4-7(5-6)8(9)10/h2-4,6H,5H2,1H3. The van der Waals surface area contributed by atoms with Crippen LogP contribution in [0, 0.1) is 5.92 Å². The summed E-state index contributed by atoms with van der Waals surface area (Å²) in [5.74, 6) is 0.447. The molecule has 1 nitrogen and oxygen atoms in total. The maximum absolute atomic E-state index is 10.6. The summed E-state index contributed by atoms with van der Waals surface area (Å²) in [4.78, 5) is 10.6. The Balaban J connectivity index is 2.71. The van der Waals surface area contributed by atoms with E-state index in [1.54, 1.807) is 6.08 Å². The zero-order chi connectivity index (χ0) is 7.56. The minimum atomic E-state index is -0.323. The minimum absolute atomic E-state index is 0.323. The molecule has 0 amide bonds. The van der Waals surface area contributed by atoms with Crippen LogP contribution in [0.3, 0.4) is 0 Å².